The fourth-order valence-corrected chi connectivity index (χ4v) is 1.45. The smallest absolute Gasteiger partial charge is 0.425 e. The minimum atomic E-state index is -0.734. The molecule has 1 aromatic rings. The summed E-state index contributed by atoms with van der Waals surface area (Å²) in [5.74, 6) is 0.490. The molecule has 104 valence electrons. The van der Waals surface area contributed by atoms with Crippen LogP contribution in [0.25, 0.3) is 0 Å². The number of hydrogen-bond donors (Lipinski definition) is 3. The molecule has 0 saturated carbocycles. The van der Waals surface area contributed by atoms with Crippen LogP contribution in [-0.4, -0.2) is 19.2 Å². The summed E-state index contributed by atoms with van der Waals surface area (Å²) in [6, 6.07) is 7.04. The zero-order valence-electron chi connectivity index (χ0n) is 11.3. The van der Waals surface area contributed by atoms with Crippen molar-refractivity contribution in [2.45, 2.75) is 26.2 Å². The summed E-state index contributed by atoms with van der Waals surface area (Å²) in [6.07, 6.45) is 0.332. The van der Waals surface area contributed by atoms with Gasteiger partial charge in [0.05, 0.1) is 7.11 Å². The summed E-state index contributed by atoms with van der Waals surface area (Å²) >= 11 is 0. The van der Waals surface area contributed by atoms with Gasteiger partial charge in [0.15, 0.2) is 0 Å². The standard InChI is InChI=1S/C13H19N3O3/c1-4-9(2)10-5-7-11(8-6-10)14-12(17)15-16-13(18)19-3/h5-9H,4H2,1-3H3,(H,16,18)(H2,14,15,17). The van der Waals surface area contributed by atoms with Gasteiger partial charge in [-0.15, -0.1) is 0 Å². The van der Waals surface area contributed by atoms with E-state index in [2.05, 4.69) is 34.8 Å². The highest BCUT2D eigenvalue weighted by Gasteiger charge is 2.05. The van der Waals surface area contributed by atoms with Crippen molar-refractivity contribution >= 4 is 17.8 Å². The van der Waals surface area contributed by atoms with Crippen molar-refractivity contribution in [1.29, 1.82) is 0 Å². The summed E-state index contributed by atoms with van der Waals surface area (Å²) in [5, 5.41) is 2.59. The molecule has 0 bridgehead atoms. The zero-order valence-corrected chi connectivity index (χ0v) is 11.3. The predicted molar refractivity (Wildman–Crippen MR) is 72.8 cm³/mol. The minimum Gasteiger partial charge on any atom is -0.452 e. The summed E-state index contributed by atoms with van der Waals surface area (Å²) in [7, 11) is 1.21. The molecule has 0 aromatic heterocycles. The van der Waals surface area contributed by atoms with Gasteiger partial charge in [0.25, 0.3) is 0 Å². The van der Waals surface area contributed by atoms with E-state index in [-0.39, 0.29) is 0 Å². The van der Waals surface area contributed by atoms with E-state index >= 15 is 0 Å². The van der Waals surface area contributed by atoms with Crippen LogP contribution in [0.2, 0.25) is 0 Å². The van der Waals surface area contributed by atoms with E-state index in [1.54, 1.807) is 0 Å². The normalized spacial score (nSPS) is 11.3. The van der Waals surface area contributed by atoms with Crippen molar-refractivity contribution in [2.75, 3.05) is 12.4 Å². The minimum absolute atomic E-state index is 0.490. The van der Waals surface area contributed by atoms with E-state index in [4.69, 9.17) is 0 Å². The molecule has 3 amide bonds. The summed E-state index contributed by atoms with van der Waals surface area (Å²) < 4.78 is 4.31. The van der Waals surface area contributed by atoms with Crippen LogP contribution >= 0.6 is 0 Å². The van der Waals surface area contributed by atoms with E-state index in [1.165, 1.54) is 12.7 Å². The van der Waals surface area contributed by atoms with Gasteiger partial charge < -0.3 is 10.1 Å². The fourth-order valence-electron chi connectivity index (χ4n) is 1.45. The Morgan fingerprint density at radius 1 is 1.21 bits per heavy atom. The van der Waals surface area contributed by atoms with Crippen molar-refractivity contribution in [1.82, 2.24) is 10.9 Å². The first-order valence-electron chi connectivity index (χ1n) is 6.07. The number of hydrogen-bond acceptors (Lipinski definition) is 3. The Morgan fingerprint density at radius 2 is 1.84 bits per heavy atom. The second kappa shape index (κ2) is 7.25. The van der Waals surface area contributed by atoms with E-state index in [9.17, 15) is 9.59 Å². The number of carbonyl (C=O) groups is 2. The first-order chi connectivity index (χ1) is 9.06. The third-order valence-corrected chi connectivity index (χ3v) is 2.81. The van der Waals surface area contributed by atoms with Gasteiger partial charge in [-0.2, -0.15) is 0 Å². The number of amides is 3. The molecule has 0 aliphatic heterocycles. The summed E-state index contributed by atoms with van der Waals surface area (Å²) in [6.45, 7) is 4.28. The second-order valence-electron chi connectivity index (χ2n) is 4.13. The lowest BCUT2D eigenvalue weighted by atomic mass is 9.99. The Hall–Kier alpha value is -2.24. The highest BCUT2D eigenvalue weighted by atomic mass is 16.5. The van der Waals surface area contributed by atoms with Crippen LogP contribution in [0.4, 0.5) is 15.3 Å². The monoisotopic (exact) mass is 265 g/mol. The fraction of sp³-hybridized carbons (Fsp3) is 0.385. The molecule has 0 saturated heterocycles. The van der Waals surface area contributed by atoms with Gasteiger partial charge >= 0.3 is 12.1 Å². The van der Waals surface area contributed by atoms with Crippen LogP contribution in [-0.2, 0) is 4.74 Å². The SMILES string of the molecule is CCC(C)c1ccc(NC(=O)NNC(=O)OC)cc1. The van der Waals surface area contributed by atoms with Crippen molar-refractivity contribution in [3.63, 3.8) is 0 Å². The lowest BCUT2D eigenvalue weighted by molar-refractivity contribution is 0.166. The van der Waals surface area contributed by atoms with E-state index < -0.39 is 12.1 Å². The molecule has 3 N–H and O–H groups in total. The Balaban J connectivity index is 2.49. The third-order valence-electron chi connectivity index (χ3n) is 2.81. The number of hydrazine groups is 1. The first kappa shape index (κ1) is 14.8. The molecule has 0 fully saturated rings. The molecule has 6 heteroatoms. The average molecular weight is 265 g/mol. The molecule has 0 aliphatic rings. The molecule has 19 heavy (non-hydrogen) atoms. The average Bonchev–Trinajstić information content (AvgIpc) is 2.44. The van der Waals surface area contributed by atoms with Gasteiger partial charge in [-0.05, 0) is 30.0 Å². The molecular weight excluding hydrogens is 246 g/mol. The number of ether oxygens (including phenoxy) is 1. The van der Waals surface area contributed by atoms with Gasteiger partial charge in [-0.3, -0.25) is 0 Å². The first-order valence-corrected chi connectivity index (χ1v) is 6.07. The van der Waals surface area contributed by atoms with E-state index in [0.29, 0.717) is 11.6 Å². The molecular formula is C13H19N3O3. The van der Waals surface area contributed by atoms with Gasteiger partial charge in [0.2, 0.25) is 0 Å². The quantitative estimate of drug-likeness (QED) is 0.735. The van der Waals surface area contributed by atoms with E-state index in [1.807, 2.05) is 24.3 Å². The Bertz CT molecular complexity index is 431. The third kappa shape index (κ3) is 4.87. The molecule has 0 spiro atoms. The van der Waals surface area contributed by atoms with Crippen molar-refractivity contribution < 1.29 is 14.3 Å². The molecule has 1 aromatic carbocycles. The van der Waals surface area contributed by atoms with Crippen LogP contribution in [0.3, 0.4) is 0 Å². The molecule has 0 radical (unpaired) electrons. The van der Waals surface area contributed by atoms with Gasteiger partial charge in [-0.1, -0.05) is 26.0 Å². The largest absolute Gasteiger partial charge is 0.452 e. The molecule has 0 heterocycles. The van der Waals surface area contributed by atoms with Crippen LogP contribution in [0, 0.1) is 0 Å². The number of urea groups is 1. The maximum atomic E-state index is 11.4. The van der Waals surface area contributed by atoms with Crippen LogP contribution in [0.1, 0.15) is 31.7 Å². The lowest BCUT2D eigenvalue weighted by Crippen LogP contribution is -2.43. The number of carbonyl (C=O) groups excluding carboxylic acids is 2. The predicted octanol–water partition coefficient (Wildman–Crippen LogP) is 2.59. The van der Waals surface area contributed by atoms with Crippen molar-refractivity contribution in [3.8, 4) is 0 Å². The highest BCUT2D eigenvalue weighted by Crippen LogP contribution is 2.20. The molecule has 1 unspecified atom stereocenters. The van der Waals surface area contributed by atoms with E-state index in [0.717, 1.165) is 6.42 Å². The number of benzene rings is 1. The zero-order chi connectivity index (χ0) is 14.3. The Kier molecular flexibility index (Phi) is 5.66. The van der Waals surface area contributed by atoms with Gasteiger partial charge in [0, 0.05) is 5.69 Å². The molecule has 0 aliphatic carbocycles. The molecule has 1 rings (SSSR count). The van der Waals surface area contributed by atoms with Crippen LogP contribution in [0.5, 0.6) is 0 Å². The number of methoxy groups -OCH3 is 1. The summed E-state index contributed by atoms with van der Waals surface area (Å²) in [5.41, 5.74) is 6.10. The van der Waals surface area contributed by atoms with Crippen LogP contribution in [0.15, 0.2) is 24.3 Å². The number of anilines is 1. The lowest BCUT2D eigenvalue weighted by Gasteiger charge is -2.11. The van der Waals surface area contributed by atoms with Gasteiger partial charge in [0.1, 0.15) is 0 Å². The van der Waals surface area contributed by atoms with Crippen molar-refractivity contribution in [2.24, 2.45) is 0 Å². The molecule has 1 atom stereocenters. The highest BCUT2D eigenvalue weighted by molar-refractivity contribution is 5.90. The number of rotatable bonds is 3. The molecule has 6 nitrogen and oxygen atoms in total. The maximum Gasteiger partial charge on any atom is 0.425 e. The maximum absolute atomic E-state index is 11.4. The van der Waals surface area contributed by atoms with Crippen LogP contribution < -0.4 is 16.2 Å². The summed E-state index contributed by atoms with van der Waals surface area (Å²) in [4.78, 5) is 22.2. The van der Waals surface area contributed by atoms with Gasteiger partial charge in [-0.25, -0.2) is 20.4 Å². The number of nitrogens with one attached hydrogen (secondary N) is 3. The van der Waals surface area contributed by atoms with Crippen molar-refractivity contribution in [3.05, 3.63) is 29.8 Å². The Labute approximate surface area is 112 Å². The topological polar surface area (TPSA) is 79.5 Å². The second-order valence-corrected chi connectivity index (χ2v) is 4.13. The Morgan fingerprint density at radius 3 is 2.37 bits per heavy atom.